The zero-order valence-electron chi connectivity index (χ0n) is 17.7. The molecule has 0 amide bonds. The predicted molar refractivity (Wildman–Crippen MR) is 121 cm³/mol. The monoisotopic (exact) mass is 417 g/mol. The molecule has 2 aliphatic heterocycles. The van der Waals surface area contributed by atoms with Crippen LogP contribution in [-0.2, 0) is 6.42 Å². The molecule has 2 aliphatic rings. The number of rotatable bonds is 6. The Hall–Kier alpha value is -3.12. The fourth-order valence-electron chi connectivity index (χ4n) is 4.67. The second kappa shape index (κ2) is 8.55. The maximum absolute atomic E-state index is 13.1. The average Bonchev–Trinajstić information content (AvgIpc) is 3.36. The molecule has 0 saturated carbocycles. The number of nitrogens with zero attached hydrogens (tertiary/aromatic N) is 1. The predicted octanol–water partition coefficient (Wildman–Crippen LogP) is 4.51. The van der Waals surface area contributed by atoms with E-state index >= 15 is 0 Å². The summed E-state index contributed by atoms with van der Waals surface area (Å²) in [5.41, 5.74) is 3.21. The normalized spacial score (nSPS) is 17.8. The van der Waals surface area contributed by atoms with Crippen molar-refractivity contribution < 1.29 is 14.3 Å². The number of methoxy groups -OCH3 is 1. The van der Waals surface area contributed by atoms with Crippen LogP contribution in [0.5, 0.6) is 11.5 Å². The maximum atomic E-state index is 13.1. The van der Waals surface area contributed by atoms with E-state index < -0.39 is 0 Å². The lowest BCUT2D eigenvalue weighted by Gasteiger charge is -2.22. The summed E-state index contributed by atoms with van der Waals surface area (Å²) in [6, 6.07) is 11.5. The Kier molecular flexibility index (Phi) is 5.47. The quantitative estimate of drug-likeness (QED) is 0.577. The molecule has 0 spiro atoms. The average molecular weight is 418 g/mol. The van der Waals surface area contributed by atoms with Crippen LogP contribution in [0.25, 0.3) is 17.0 Å². The summed E-state index contributed by atoms with van der Waals surface area (Å²) in [5, 5.41) is 11.7. The first-order valence-corrected chi connectivity index (χ1v) is 11.0. The lowest BCUT2D eigenvalue weighted by atomic mass is 9.91. The molecule has 160 valence electrons. The number of Topliss-reactive ketones (excluding diaryl/α,β-unsaturated/α-hetero) is 1. The molecular formula is C25H27N3O3. The summed E-state index contributed by atoms with van der Waals surface area (Å²) in [6.07, 6.45) is 7.28. The van der Waals surface area contributed by atoms with Crippen molar-refractivity contribution in [3.05, 3.63) is 59.0 Å². The first-order chi connectivity index (χ1) is 15.2. The number of para-hydroxylation sites is 1. The van der Waals surface area contributed by atoms with Gasteiger partial charge in [0.15, 0.2) is 5.76 Å². The number of ketones is 1. The first-order valence-electron chi connectivity index (χ1n) is 11.0. The second-order valence-corrected chi connectivity index (χ2v) is 8.30. The zero-order valence-corrected chi connectivity index (χ0v) is 17.7. The van der Waals surface area contributed by atoms with Crippen molar-refractivity contribution in [2.75, 3.05) is 20.2 Å². The number of H-pyrrole nitrogens is 1. The third-order valence-corrected chi connectivity index (χ3v) is 6.38. The lowest BCUT2D eigenvalue weighted by Crippen LogP contribution is -2.27. The smallest absolute Gasteiger partial charge is 0.232 e. The van der Waals surface area contributed by atoms with Crippen molar-refractivity contribution in [1.82, 2.24) is 15.5 Å². The van der Waals surface area contributed by atoms with Gasteiger partial charge >= 0.3 is 0 Å². The number of allylic oxidation sites excluding steroid dienone is 1. The lowest BCUT2D eigenvalue weighted by molar-refractivity contribution is 0.101. The van der Waals surface area contributed by atoms with Crippen molar-refractivity contribution in [2.24, 2.45) is 5.92 Å². The van der Waals surface area contributed by atoms with E-state index in [0.29, 0.717) is 22.8 Å². The number of aromatic amines is 1. The molecule has 1 fully saturated rings. The fourth-order valence-corrected chi connectivity index (χ4v) is 4.67. The molecule has 2 aromatic carbocycles. The molecule has 5 rings (SSSR count). The molecule has 6 heteroatoms. The summed E-state index contributed by atoms with van der Waals surface area (Å²) in [5.74, 6) is 2.39. The number of hydrogen-bond donors (Lipinski definition) is 2. The Morgan fingerprint density at radius 1 is 1.19 bits per heavy atom. The largest absolute Gasteiger partial charge is 0.496 e. The highest BCUT2D eigenvalue weighted by atomic mass is 16.5. The molecular weight excluding hydrogens is 390 g/mol. The standard InChI is InChI=1S/C25H27N3O3/c1-30-22-10-9-19-24(29)23(15-21-17-6-2-3-8-20(17)27-28-21)31-25(19)18(22)7-4-5-16-11-13-26-14-12-16/h2-3,6,8-10,15-16,26H,4-5,7,11-14H2,1H3,(H,27,28). The van der Waals surface area contributed by atoms with Gasteiger partial charge in [0.1, 0.15) is 11.5 Å². The van der Waals surface area contributed by atoms with Crippen molar-refractivity contribution >= 4 is 22.8 Å². The van der Waals surface area contributed by atoms with Gasteiger partial charge in [-0.15, -0.1) is 0 Å². The van der Waals surface area contributed by atoms with Gasteiger partial charge in [-0.3, -0.25) is 9.89 Å². The highest BCUT2D eigenvalue weighted by Gasteiger charge is 2.31. The number of benzene rings is 2. The minimum atomic E-state index is -0.107. The number of piperidine rings is 1. The highest BCUT2D eigenvalue weighted by Crippen LogP contribution is 2.41. The zero-order chi connectivity index (χ0) is 21.2. The summed E-state index contributed by atoms with van der Waals surface area (Å²) >= 11 is 0. The second-order valence-electron chi connectivity index (χ2n) is 8.30. The minimum Gasteiger partial charge on any atom is -0.496 e. The number of carbonyl (C=O) groups is 1. The maximum Gasteiger partial charge on any atom is 0.232 e. The van der Waals surface area contributed by atoms with Crippen LogP contribution in [0.2, 0.25) is 0 Å². The van der Waals surface area contributed by atoms with Crippen LogP contribution in [0.15, 0.2) is 42.2 Å². The molecule has 0 bridgehead atoms. The van der Waals surface area contributed by atoms with E-state index in [2.05, 4.69) is 15.5 Å². The van der Waals surface area contributed by atoms with Crippen LogP contribution in [0.4, 0.5) is 0 Å². The third-order valence-electron chi connectivity index (χ3n) is 6.38. The molecule has 3 aromatic rings. The Balaban J connectivity index is 1.40. The molecule has 2 N–H and O–H groups in total. The van der Waals surface area contributed by atoms with E-state index in [1.165, 1.54) is 19.3 Å². The van der Waals surface area contributed by atoms with Crippen molar-refractivity contribution in [1.29, 1.82) is 0 Å². The van der Waals surface area contributed by atoms with Gasteiger partial charge in [0.2, 0.25) is 5.78 Å². The fraction of sp³-hybridized carbons (Fsp3) is 0.360. The van der Waals surface area contributed by atoms with Gasteiger partial charge in [-0.05, 0) is 62.9 Å². The van der Waals surface area contributed by atoms with E-state index in [1.54, 1.807) is 19.3 Å². The van der Waals surface area contributed by atoms with Crippen molar-refractivity contribution in [3.63, 3.8) is 0 Å². The Morgan fingerprint density at radius 2 is 2.03 bits per heavy atom. The van der Waals surface area contributed by atoms with Gasteiger partial charge in [-0.25, -0.2) is 0 Å². The molecule has 0 aliphatic carbocycles. The number of hydrogen-bond acceptors (Lipinski definition) is 5. The third kappa shape index (κ3) is 3.83. The number of fused-ring (bicyclic) bond motifs is 2. The van der Waals surface area contributed by atoms with Crippen LogP contribution < -0.4 is 14.8 Å². The van der Waals surface area contributed by atoms with Gasteiger partial charge < -0.3 is 14.8 Å². The van der Waals surface area contributed by atoms with E-state index in [-0.39, 0.29) is 5.78 Å². The molecule has 0 unspecified atom stereocenters. The first kappa shape index (κ1) is 19.8. The van der Waals surface area contributed by atoms with Gasteiger partial charge in [-0.1, -0.05) is 24.6 Å². The van der Waals surface area contributed by atoms with Crippen LogP contribution in [-0.4, -0.2) is 36.2 Å². The molecule has 0 atom stereocenters. The van der Waals surface area contributed by atoms with Crippen LogP contribution >= 0.6 is 0 Å². The van der Waals surface area contributed by atoms with E-state index in [4.69, 9.17) is 9.47 Å². The van der Waals surface area contributed by atoms with E-state index in [9.17, 15) is 4.79 Å². The Labute approximate surface area is 181 Å². The highest BCUT2D eigenvalue weighted by molar-refractivity contribution is 6.15. The van der Waals surface area contributed by atoms with Crippen molar-refractivity contribution in [3.8, 4) is 11.5 Å². The number of aromatic nitrogens is 2. The number of nitrogens with one attached hydrogen (secondary N) is 2. The van der Waals surface area contributed by atoms with Crippen LogP contribution in [0.1, 0.15) is 47.3 Å². The van der Waals surface area contributed by atoms with E-state index in [1.807, 2.05) is 30.3 Å². The summed E-state index contributed by atoms with van der Waals surface area (Å²) in [6.45, 7) is 2.23. The van der Waals surface area contributed by atoms with E-state index in [0.717, 1.165) is 54.1 Å². The molecule has 1 saturated heterocycles. The summed E-state index contributed by atoms with van der Waals surface area (Å²) in [4.78, 5) is 13.1. The Morgan fingerprint density at radius 3 is 2.87 bits per heavy atom. The topological polar surface area (TPSA) is 76.2 Å². The summed E-state index contributed by atoms with van der Waals surface area (Å²) < 4.78 is 11.7. The number of ether oxygens (including phenoxy) is 2. The van der Waals surface area contributed by atoms with Gasteiger partial charge in [0.25, 0.3) is 0 Å². The van der Waals surface area contributed by atoms with Gasteiger partial charge in [-0.2, -0.15) is 5.10 Å². The van der Waals surface area contributed by atoms with Gasteiger partial charge in [0.05, 0.1) is 23.9 Å². The molecule has 3 heterocycles. The van der Waals surface area contributed by atoms with Crippen LogP contribution in [0, 0.1) is 5.92 Å². The Bertz CT molecular complexity index is 1140. The SMILES string of the molecule is COc1ccc2c(c1CCCC1CCNCC1)OC(=Cc1n[nH]c3ccccc13)C2=O. The molecule has 6 nitrogen and oxygen atoms in total. The molecule has 0 radical (unpaired) electrons. The van der Waals surface area contributed by atoms with Gasteiger partial charge in [0, 0.05) is 17.0 Å². The molecule has 1 aromatic heterocycles. The van der Waals surface area contributed by atoms with Crippen LogP contribution in [0.3, 0.4) is 0 Å². The molecule has 31 heavy (non-hydrogen) atoms. The van der Waals surface area contributed by atoms with Crippen molar-refractivity contribution in [2.45, 2.75) is 32.1 Å². The number of carbonyl (C=O) groups excluding carboxylic acids is 1. The summed E-state index contributed by atoms with van der Waals surface area (Å²) in [7, 11) is 1.67. The minimum absolute atomic E-state index is 0.107.